The summed E-state index contributed by atoms with van der Waals surface area (Å²) in [5, 5.41) is 19.0. The summed E-state index contributed by atoms with van der Waals surface area (Å²) in [4.78, 5) is 23.6. The Balaban J connectivity index is 1.58. The second-order valence-electron chi connectivity index (χ2n) is 6.42. The van der Waals surface area contributed by atoms with Gasteiger partial charge in [0.25, 0.3) is 5.91 Å². The van der Waals surface area contributed by atoms with Crippen molar-refractivity contribution in [3.63, 3.8) is 0 Å². The highest BCUT2D eigenvalue weighted by molar-refractivity contribution is 5.92. The molecule has 1 heterocycles. The summed E-state index contributed by atoms with van der Waals surface area (Å²) in [6.07, 6.45) is 2.63. The van der Waals surface area contributed by atoms with E-state index in [1.165, 1.54) is 0 Å². The number of nitrogens with zero attached hydrogens (tertiary/aromatic N) is 1. The first-order valence-electron chi connectivity index (χ1n) is 8.15. The fraction of sp³-hybridized carbons (Fsp3) is 0.389. The summed E-state index contributed by atoms with van der Waals surface area (Å²) in [6, 6.07) is 9.50. The van der Waals surface area contributed by atoms with Crippen LogP contribution in [0.3, 0.4) is 0 Å². The minimum absolute atomic E-state index is 0.0771. The quantitative estimate of drug-likeness (QED) is 0.727. The molecular formula is C18H21N3O3. The van der Waals surface area contributed by atoms with Crippen LogP contribution in [0, 0.1) is 12.8 Å². The van der Waals surface area contributed by atoms with Crippen LogP contribution >= 0.6 is 0 Å². The molecule has 1 aromatic heterocycles. The second kappa shape index (κ2) is 6.86. The third kappa shape index (κ3) is 4.01. The number of hydrogen-bond donors (Lipinski definition) is 3. The molecule has 126 valence electrons. The molecule has 6 nitrogen and oxygen atoms in total. The van der Waals surface area contributed by atoms with Crippen LogP contribution in [0.1, 0.15) is 46.1 Å². The third-order valence-electron chi connectivity index (χ3n) is 4.27. The summed E-state index contributed by atoms with van der Waals surface area (Å²) in [5.74, 6) is -1.43. The number of aromatic nitrogens is 2. The smallest absolute Gasteiger partial charge is 0.308 e. The molecule has 1 fully saturated rings. The Morgan fingerprint density at radius 1 is 1.38 bits per heavy atom. The van der Waals surface area contributed by atoms with E-state index in [0.29, 0.717) is 18.0 Å². The molecule has 0 radical (unpaired) electrons. The van der Waals surface area contributed by atoms with Crippen LogP contribution in [0.25, 0.3) is 0 Å². The van der Waals surface area contributed by atoms with Gasteiger partial charge in [-0.1, -0.05) is 29.8 Å². The number of benzene rings is 1. The molecule has 0 saturated heterocycles. The van der Waals surface area contributed by atoms with Gasteiger partial charge in [0.1, 0.15) is 5.69 Å². The van der Waals surface area contributed by atoms with Gasteiger partial charge in [-0.3, -0.25) is 14.7 Å². The first-order valence-corrected chi connectivity index (χ1v) is 8.15. The monoisotopic (exact) mass is 327 g/mol. The molecule has 0 aliphatic heterocycles. The van der Waals surface area contributed by atoms with Gasteiger partial charge in [0.15, 0.2) is 0 Å². The number of nitrogens with one attached hydrogen (secondary N) is 2. The number of aliphatic carboxylic acids is 1. The van der Waals surface area contributed by atoms with Crippen molar-refractivity contribution < 1.29 is 14.7 Å². The number of amides is 1. The number of hydrogen-bond acceptors (Lipinski definition) is 3. The molecule has 6 heteroatoms. The first kappa shape index (κ1) is 16.2. The highest BCUT2D eigenvalue weighted by Gasteiger charge is 2.27. The van der Waals surface area contributed by atoms with Crippen LogP contribution in [-0.2, 0) is 11.2 Å². The van der Waals surface area contributed by atoms with Gasteiger partial charge in [-0.2, -0.15) is 5.10 Å². The third-order valence-corrected chi connectivity index (χ3v) is 4.27. The minimum atomic E-state index is -0.919. The van der Waals surface area contributed by atoms with E-state index in [1.54, 1.807) is 6.07 Å². The summed E-state index contributed by atoms with van der Waals surface area (Å²) >= 11 is 0. The van der Waals surface area contributed by atoms with E-state index in [1.807, 2.05) is 31.2 Å². The molecule has 1 saturated carbocycles. The number of H-pyrrole nitrogens is 1. The Hall–Kier alpha value is -2.63. The van der Waals surface area contributed by atoms with Crippen LogP contribution in [0.2, 0.25) is 0 Å². The van der Waals surface area contributed by atoms with Gasteiger partial charge in [-0.05, 0) is 37.8 Å². The summed E-state index contributed by atoms with van der Waals surface area (Å²) in [5.41, 5.74) is 3.34. The summed E-state index contributed by atoms with van der Waals surface area (Å²) in [6.45, 7) is 2.05. The lowest BCUT2D eigenvalue weighted by Crippen LogP contribution is -2.34. The molecular weight excluding hydrogens is 306 g/mol. The van der Waals surface area contributed by atoms with E-state index in [-0.39, 0.29) is 12.5 Å². The maximum Gasteiger partial charge on any atom is 0.308 e. The predicted molar refractivity (Wildman–Crippen MR) is 88.9 cm³/mol. The van der Waals surface area contributed by atoms with Crippen molar-refractivity contribution in [2.75, 3.05) is 6.54 Å². The summed E-state index contributed by atoms with van der Waals surface area (Å²) < 4.78 is 0. The number of aryl methyl sites for hydroxylation is 1. The lowest BCUT2D eigenvalue weighted by Gasteiger charge is -2.13. The number of carbonyl (C=O) groups excluding carboxylic acids is 1. The lowest BCUT2D eigenvalue weighted by atomic mass is 9.98. The molecule has 3 rings (SSSR count). The zero-order chi connectivity index (χ0) is 17.1. The van der Waals surface area contributed by atoms with Crippen molar-refractivity contribution >= 4 is 11.9 Å². The summed E-state index contributed by atoms with van der Waals surface area (Å²) in [7, 11) is 0. The predicted octanol–water partition coefficient (Wildman–Crippen LogP) is 2.27. The van der Waals surface area contributed by atoms with Crippen LogP contribution in [0.15, 0.2) is 30.3 Å². The van der Waals surface area contributed by atoms with Crippen LogP contribution in [-0.4, -0.2) is 33.7 Å². The van der Waals surface area contributed by atoms with E-state index in [2.05, 4.69) is 15.5 Å². The highest BCUT2D eigenvalue weighted by atomic mass is 16.4. The Bertz CT molecular complexity index is 749. The number of carboxylic acid groups (broad SMARTS) is 1. The van der Waals surface area contributed by atoms with Crippen molar-refractivity contribution in [2.45, 2.75) is 32.1 Å². The van der Waals surface area contributed by atoms with Crippen molar-refractivity contribution in [1.29, 1.82) is 0 Å². The van der Waals surface area contributed by atoms with E-state index in [0.717, 1.165) is 29.7 Å². The number of aromatic amines is 1. The van der Waals surface area contributed by atoms with Crippen molar-refractivity contribution in [3.05, 3.63) is 52.8 Å². The second-order valence-corrected chi connectivity index (χ2v) is 6.42. The van der Waals surface area contributed by atoms with Crippen LogP contribution in [0.4, 0.5) is 0 Å². The van der Waals surface area contributed by atoms with E-state index in [4.69, 9.17) is 0 Å². The van der Waals surface area contributed by atoms with Crippen molar-refractivity contribution in [2.24, 2.45) is 5.92 Å². The molecule has 3 N–H and O–H groups in total. The zero-order valence-corrected chi connectivity index (χ0v) is 13.6. The van der Waals surface area contributed by atoms with Gasteiger partial charge in [0.05, 0.1) is 5.92 Å². The normalized spacial score (nSPS) is 15.0. The Labute approximate surface area is 140 Å². The molecule has 1 amide bonds. The van der Waals surface area contributed by atoms with Crippen LogP contribution in [0.5, 0.6) is 0 Å². The van der Waals surface area contributed by atoms with Gasteiger partial charge in [-0.15, -0.1) is 0 Å². The van der Waals surface area contributed by atoms with E-state index in [9.17, 15) is 14.7 Å². The van der Waals surface area contributed by atoms with Gasteiger partial charge >= 0.3 is 5.97 Å². The number of carboxylic acids is 1. The molecule has 1 atom stereocenters. The van der Waals surface area contributed by atoms with Crippen LogP contribution < -0.4 is 5.32 Å². The molecule has 2 aromatic rings. The lowest BCUT2D eigenvalue weighted by molar-refractivity contribution is -0.141. The molecule has 0 spiro atoms. The maximum absolute atomic E-state index is 12.1. The van der Waals surface area contributed by atoms with Gasteiger partial charge in [0.2, 0.25) is 0 Å². The number of rotatable bonds is 7. The minimum Gasteiger partial charge on any atom is -0.481 e. The fourth-order valence-corrected chi connectivity index (χ4v) is 2.73. The van der Waals surface area contributed by atoms with E-state index >= 15 is 0 Å². The number of carbonyl (C=O) groups is 2. The SMILES string of the molecule is Cc1cccc(CC(CNC(=O)c2cc(C3CC3)[nH]n2)C(=O)O)c1. The van der Waals surface area contributed by atoms with Crippen molar-refractivity contribution in [3.8, 4) is 0 Å². The molecule has 0 bridgehead atoms. The zero-order valence-electron chi connectivity index (χ0n) is 13.6. The van der Waals surface area contributed by atoms with Gasteiger partial charge in [0, 0.05) is 18.2 Å². The first-order chi connectivity index (χ1) is 11.5. The molecule has 1 aliphatic carbocycles. The topological polar surface area (TPSA) is 95.1 Å². The molecule has 24 heavy (non-hydrogen) atoms. The Kier molecular flexibility index (Phi) is 4.64. The van der Waals surface area contributed by atoms with Gasteiger partial charge in [-0.25, -0.2) is 0 Å². The van der Waals surface area contributed by atoms with E-state index < -0.39 is 11.9 Å². The fourth-order valence-electron chi connectivity index (χ4n) is 2.73. The molecule has 1 aliphatic rings. The maximum atomic E-state index is 12.1. The Morgan fingerprint density at radius 2 is 2.17 bits per heavy atom. The standard InChI is InChI=1S/C18H21N3O3/c1-11-3-2-4-12(7-11)8-14(18(23)24)10-19-17(22)16-9-15(20-21-16)13-5-6-13/h2-4,7,9,13-14H,5-6,8,10H2,1H3,(H,19,22)(H,20,21)(H,23,24). The van der Waals surface area contributed by atoms with Crippen molar-refractivity contribution in [1.82, 2.24) is 15.5 Å². The molecule has 1 aromatic carbocycles. The van der Waals surface area contributed by atoms with Gasteiger partial charge < -0.3 is 10.4 Å². The largest absolute Gasteiger partial charge is 0.481 e. The molecule has 1 unspecified atom stereocenters. The Morgan fingerprint density at radius 3 is 2.83 bits per heavy atom. The average Bonchev–Trinajstić information content (AvgIpc) is 3.28. The highest BCUT2D eigenvalue weighted by Crippen LogP contribution is 2.38. The average molecular weight is 327 g/mol.